The van der Waals surface area contributed by atoms with Gasteiger partial charge in [-0.25, -0.2) is 0 Å². The van der Waals surface area contributed by atoms with Crippen LogP contribution in [0.1, 0.15) is 54.4 Å². The van der Waals surface area contributed by atoms with Gasteiger partial charge in [0, 0.05) is 5.41 Å². The normalized spacial score (nSPS) is 22.8. The molecule has 19 heavy (non-hydrogen) atoms. The second-order valence-electron chi connectivity index (χ2n) is 6.32. The highest BCUT2D eigenvalue weighted by Gasteiger charge is 2.35. The van der Waals surface area contributed by atoms with Crippen LogP contribution in [0, 0.1) is 5.41 Å². The van der Waals surface area contributed by atoms with Crippen LogP contribution in [0.5, 0.6) is 0 Å². The van der Waals surface area contributed by atoms with Crippen molar-refractivity contribution < 1.29 is 9.47 Å². The molecule has 1 saturated heterocycles. The lowest BCUT2D eigenvalue weighted by Crippen LogP contribution is -2.28. The Morgan fingerprint density at radius 1 is 1.32 bits per heavy atom. The zero-order valence-electron chi connectivity index (χ0n) is 13.2. The molecular weight excluding hydrogens is 236 g/mol. The van der Waals surface area contributed by atoms with Gasteiger partial charge in [0.2, 0.25) is 0 Å². The molecule has 0 N–H and O–H groups in total. The van der Waals surface area contributed by atoms with Gasteiger partial charge in [-0.2, -0.15) is 0 Å². The van der Waals surface area contributed by atoms with E-state index in [9.17, 15) is 0 Å². The molecule has 2 atom stereocenters. The highest BCUT2D eigenvalue weighted by molar-refractivity contribution is 5.06. The number of ether oxygens (including phenoxy) is 2. The monoisotopic (exact) mass is 264 g/mol. The van der Waals surface area contributed by atoms with Crippen LogP contribution in [0.4, 0.5) is 0 Å². The maximum atomic E-state index is 5.76. The second kappa shape index (κ2) is 7.09. The number of rotatable bonds is 5. The van der Waals surface area contributed by atoms with E-state index in [0.29, 0.717) is 6.61 Å². The average molecular weight is 264 g/mol. The second-order valence-corrected chi connectivity index (χ2v) is 6.32. The van der Waals surface area contributed by atoms with E-state index in [-0.39, 0.29) is 17.8 Å². The Kier molecular flexibility index (Phi) is 6.06. The highest BCUT2D eigenvalue weighted by atomic mass is 16.7. The third kappa shape index (κ3) is 5.78. The lowest BCUT2D eigenvalue weighted by atomic mass is 9.92. The zero-order valence-corrected chi connectivity index (χ0v) is 13.2. The van der Waals surface area contributed by atoms with Gasteiger partial charge in [-0.1, -0.05) is 25.5 Å². The van der Waals surface area contributed by atoms with Gasteiger partial charge in [-0.05, 0) is 52.2 Å². The van der Waals surface area contributed by atoms with Crippen LogP contribution in [0.2, 0.25) is 0 Å². The Balaban J connectivity index is 2.59. The van der Waals surface area contributed by atoms with Crippen molar-refractivity contribution in [2.75, 3.05) is 6.61 Å². The molecule has 0 aromatic rings. The van der Waals surface area contributed by atoms with Gasteiger partial charge >= 0.3 is 0 Å². The Hall–Kier alpha value is -0.820. The summed E-state index contributed by atoms with van der Waals surface area (Å²) in [6.07, 6.45) is 6.54. The maximum absolute atomic E-state index is 5.76. The summed E-state index contributed by atoms with van der Waals surface area (Å²) < 4.78 is 11.4. The SMILES string of the molecule is CC(=C=CC(C)(C)C1OCC(C)O1)CCC=C(C)C. The van der Waals surface area contributed by atoms with Crippen molar-refractivity contribution in [1.82, 2.24) is 0 Å². The van der Waals surface area contributed by atoms with Gasteiger partial charge in [-0.3, -0.25) is 0 Å². The fraction of sp³-hybridized carbons (Fsp3) is 0.706. The largest absolute Gasteiger partial charge is 0.349 e. The van der Waals surface area contributed by atoms with E-state index in [1.165, 1.54) is 11.1 Å². The molecule has 0 aliphatic carbocycles. The molecule has 0 bridgehead atoms. The van der Waals surface area contributed by atoms with Crippen LogP contribution in [0.15, 0.2) is 29.0 Å². The molecule has 2 heteroatoms. The van der Waals surface area contributed by atoms with Gasteiger partial charge in [0.15, 0.2) is 6.29 Å². The maximum Gasteiger partial charge on any atom is 0.167 e. The first-order valence-corrected chi connectivity index (χ1v) is 7.15. The van der Waals surface area contributed by atoms with Crippen LogP contribution < -0.4 is 0 Å². The minimum Gasteiger partial charge on any atom is -0.349 e. The summed E-state index contributed by atoms with van der Waals surface area (Å²) in [5.74, 6) is 0. The van der Waals surface area contributed by atoms with Crippen molar-refractivity contribution in [2.45, 2.75) is 66.8 Å². The number of hydrogen-bond donors (Lipinski definition) is 0. The lowest BCUT2D eigenvalue weighted by Gasteiger charge is -2.25. The zero-order chi connectivity index (χ0) is 14.5. The Morgan fingerprint density at radius 2 is 2.00 bits per heavy atom. The summed E-state index contributed by atoms with van der Waals surface area (Å²) in [4.78, 5) is 0. The average Bonchev–Trinajstić information content (AvgIpc) is 2.74. The first-order valence-electron chi connectivity index (χ1n) is 7.15. The third-order valence-electron chi connectivity index (χ3n) is 3.21. The molecule has 1 rings (SSSR count). The van der Waals surface area contributed by atoms with E-state index in [4.69, 9.17) is 9.47 Å². The Bertz CT molecular complexity index is 380. The van der Waals surface area contributed by atoms with Crippen molar-refractivity contribution in [3.63, 3.8) is 0 Å². The van der Waals surface area contributed by atoms with Gasteiger partial charge in [0.05, 0.1) is 12.7 Å². The minimum absolute atomic E-state index is 0.136. The fourth-order valence-corrected chi connectivity index (χ4v) is 1.93. The predicted molar refractivity (Wildman–Crippen MR) is 80.0 cm³/mol. The summed E-state index contributed by atoms with van der Waals surface area (Å²) in [6.45, 7) is 13.4. The Labute approximate surface area is 118 Å². The molecule has 1 aliphatic rings. The molecular formula is C17H28O2. The molecule has 1 fully saturated rings. The third-order valence-corrected chi connectivity index (χ3v) is 3.21. The summed E-state index contributed by atoms with van der Waals surface area (Å²) >= 11 is 0. The molecule has 0 aromatic heterocycles. The van der Waals surface area contributed by atoms with Crippen LogP contribution in [-0.2, 0) is 9.47 Å². The molecule has 2 nitrogen and oxygen atoms in total. The van der Waals surface area contributed by atoms with E-state index in [1.807, 2.05) is 6.92 Å². The van der Waals surface area contributed by atoms with Crippen LogP contribution in [0.25, 0.3) is 0 Å². The van der Waals surface area contributed by atoms with Crippen LogP contribution in [-0.4, -0.2) is 19.0 Å². The molecule has 0 radical (unpaired) electrons. The van der Waals surface area contributed by atoms with Crippen LogP contribution in [0.3, 0.4) is 0 Å². The van der Waals surface area contributed by atoms with Gasteiger partial charge in [-0.15, -0.1) is 5.73 Å². The predicted octanol–water partition coefficient (Wildman–Crippen LogP) is 4.62. The number of allylic oxidation sites excluding steroid dienone is 2. The van der Waals surface area contributed by atoms with Crippen molar-refractivity contribution in [3.8, 4) is 0 Å². The first kappa shape index (κ1) is 16.2. The molecule has 108 valence electrons. The van der Waals surface area contributed by atoms with Gasteiger partial charge in [0.1, 0.15) is 0 Å². The van der Waals surface area contributed by atoms with E-state index >= 15 is 0 Å². The molecule has 0 amide bonds. The fourth-order valence-electron chi connectivity index (χ4n) is 1.93. The standard InChI is InChI=1S/C17H28O2/c1-13(2)8-7-9-14(3)10-11-17(5,6)16-18-12-15(4)19-16/h8,11,15-16H,7,9,12H2,1-6H3. The van der Waals surface area contributed by atoms with E-state index in [0.717, 1.165) is 12.8 Å². The summed E-state index contributed by atoms with van der Waals surface area (Å²) in [7, 11) is 0. The smallest absolute Gasteiger partial charge is 0.167 e. The quantitative estimate of drug-likeness (QED) is 0.533. The minimum atomic E-state index is -0.152. The first-order chi connectivity index (χ1) is 8.81. The summed E-state index contributed by atoms with van der Waals surface area (Å²) in [5, 5.41) is 0. The van der Waals surface area contributed by atoms with Crippen molar-refractivity contribution in [2.24, 2.45) is 5.41 Å². The Morgan fingerprint density at radius 3 is 2.53 bits per heavy atom. The molecule has 0 saturated carbocycles. The van der Waals surface area contributed by atoms with Crippen molar-refractivity contribution >= 4 is 0 Å². The van der Waals surface area contributed by atoms with Gasteiger partial charge in [0.25, 0.3) is 0 Å². The van der Waals surface area contributed by atoms with Crippen LogP contribution >= 0.6 is 0 Å². The van der Waals surface area contributed by atoms with E-state index < -0.39 is 0 Å². The molecule has 2 unspecified atom stereocenters. The van der Waals surface area contributed by atoms with Crippen molar-refractivity contribution in [3.05, 3.63) is 29.0 Å². The summed E-state index contributed by atoms with van der Waals surface area (Å²) in [6, 6.07) is 0. The topological polar surface area (TPSA) is 18.5 Å². The number of hydrogen-bond acceptors (Lipinski definition) is 2. The van der Waals surface area contributed by atoms with E-state index in [1.54, 1.807) is 0 Å². The summed E-state index contributed by atoms with van der Waals surface area (Å²) in [5.41, 5.74) is 5.90. The molecule has 0 aromatic carbocycles. The molecule has 1 heterocycles. The lowest BCUT2D eigenvalue weighted by molar-refractivity contribution is -0.111. The van der Waals surface area contributed by atoms with Crippen molar-refractivity contribution in [1.29, 1.82) is 0 Å². The molecule has 0 spiro atoms. The molecule has 1 aliphatic heterocycles. The van der Waals surface area contributed by atoms with E-state index in [2.05, 4.69) is 52.5 Å². The highest BCUT2D eigenvalue weighted by Crippen LogP contribution is 2.30. The van der Waals surface area contributed by atoms with Gasteiger partial charge < -0.3 is 9.47 Å².